The normalized spacial score (nSPS) is 11.5. The Kier molecular flexibility index (Phi) is 4.94. The minimum absolute atomic E-state index is 0.322. The van der Waals surface area contributed by atoms with Crippen LogP contribution in [0.4, 0.5) is 13.2 Å². The molecule has 0 aliphatic rings. The van der Waals surface area contributed by atoms with Gasteiger partial charge < -0.3 is 10.4 Å². The van der Waals surface area contributed by atoms with Crippen LogP contribution in [0.25, 0.3) is 0 Å². The molecule has 0 heterocycles. The smallest absolute Gasteiger partial charge is 0.254 e. The van der Waals surface area contributed by atoms with E-state index in [2.05, 4.69) is 5.32 Å². The van der Waals surface area contributed by atoms with Gasteiger partial charge in [0, 0.05) is 0 Å². The lowest BCUT2D eigenvalue weighted by Crippen LogP contribution is -2.50. The Balaban J connectivity index is 3.05. The fraction of sp³-hybridized carbons (Fsp3) is 0.462. The van der Waals surface area contributed by atoms with Gasteiger partial charge in [0.1, 0.15) is 0 Å². The maximum absolute atomic E-state index is 13.5. The Bertz CT molecular complexity index is 465. The zero-order valence-electron chi connectivity index (χ0n) is 10.8. The SMILES string of the molecule is CCC(CC)(CO)NC(=O)c1ccc(F)c(F)c1F. The topological polar surface area (TPSA) is 49.3 Å². The highest BCUT2D eigenvalue weighted by atomic mass is 19.2. The number of benzene rings is 1. The average Bonchev–Trinajstić information content (AvgIpc) is 2.42. The van der Waals surface area contributed by atoms with Crippen LogP contribution in [0.1, 0.15) is 37.0 Å². The molecule has 1 aromatic rings. The number of aliphatic hydroxyl groups excluding tert-OH is 1. The molecule has 0 spiro atoms. The van der Waals surface area contributed by atoms with E-state index < -0.39 is 34.5 Å². The van der Waals surface area contributed by atoms with Crippen LogP contribution in [0.15, 0.2) is 12.1 Å². The van der Waals surface area contributed by atoms with E-state index in [1.807, 2.05) is 0 Å². The molecule has 1 amide bonds. The third-order valence-corrected chi connectivity index (χ3v) is 3.31. The van der Waals surface area contributed by atoms with Gasteiger partial charge >= 0.3 is 0 Å². The first kappa shape index (κ1) is 15.5. The van der Waals surface area contributed by atoms with Crippen LogP contribution >= 0.6 is 0 Å². The maximum atomic E-state index is 13.5. The number of nitrogens with one attached hydrogen (secondary N) is 1. The highest BCUT2D eigenvalue weighted by molar-refractivity contribution is 5.95. The Labute approximate surface area is 109 Å². The fourth-order valence-electron chi connectivity index (χ4n) is 1.70. The van der Waals surface area contributed by atoms with E-state index in [9.17, 15) is 23.1 Å². The number of hydrogen-bond donors (Lipinski definition) is 2. The van der Waals surface area contributed by atoms with E-state index in [0.717, 1.165) is 6.07 Å². The first-order valence-electron chi connectivity index (χ1n) is 5.97. The molecule has 0 aliphatic carbocycles. The monoisotopic (exact) mass is 275 g/mol. The molecule has 0 saturated carbocycles. The van der Waals surface area contributed by atoms with E-state index in [1.165, 1.54) is 0 Å². The van der Waals surface area contributed by atoms with Gasteiger partial charge in [0.15, 0.2) is 17.5 Å². The zero-order valence-corrected chi connectivity index (χ0v) is 10.8. The Hall–Kier alpha value is -1.56. The standard InChI is InChI=1S/C13H16F3NO2/c1-3-13(4-2,7-18)17-12(19)8-5-6-9(14)11(16)10(8)15/h5-6,18H,3-4,7H2,1-2H3,(H,17,19). The number of amides is 1. The Morgan fingerprint density at radius 1 is 1.21 bits per heavy atom. The second kappa shape index (κ2) is 6.06. The second-order valence-corrected chi connectivity index (χ2v) is 4.32. The summed E-state index contributed by atoms with van der Waals surface area (Å²) in [6.45, 7) is 3.18. The molecule has 0 unspecified atom stereocenters. The van der Waals surface area contributed by atoms with Gasteiger partial charge in [0.05, 0.1) is 17.7 Å². The van der Waals surface area contributed by atoms with Crippen LogP contribution in [0.5, 0.6) is 0 Å². The predicted molar refractivity (Wildman–Crippen MR) is 64.2 cm³/mol. The molecule has 0 aromatic heterocycles. The van der Waals surface area contributed by atoms with E-state index >= 15 is 0 Å². The quantitative estimate of drug-likeness (QED) is 0.811. The van der Waals surface area contributed by atoms with Gasteiger partial charge in [-0.1, -0.05) is 13.8 Å². The number of carbonyl (C=O) groups excluding carboxylic acids is 1. The van der Waals surface area contributed by atoms with E-state index in [4.69, 9.17) is 0 Å². The first-order valence-corrected chi connectivity index (χ1v) is 5.97. The van der Waals surface area contributed by atoms with Crippen molar-refractivity contribution in [3.8, 4) is 0 Å². The first-order chi connectivity index (χ1) is 8.90. The molecule has 0 radical (unpaired) electrons. The summed E-state index contributed by atoms with van der Waals surface area (Å²) < 4.78 is 39.3. The lowest BCUT2D eigenvalue weighted by molar-refractivity contribution is 0.0812. The lowest BCUT2D eigenvalue weighted by atomic mass is 9.93. The lowest BCUT2D eigenvalue weighted by Gasteiger charge is -2.30. The third-order valence-electron chi connectivity index (χ3n) is 3.31. The van der Waals surface area contributed by atoms with E-state index in [-0.39, 0.29) is 6.61 Å². The zero-order chi connectivity index (χ0) is 14.6. The van der Waals surface area contributed by atoms with E-state index in [1.54, 1.807) is 13.8 Å². The summed E-state index contributed by atoms with van der Waals surface area (Å²) in [7, 11) is 0. The van der Waals surface area contributed by atoms with Gasteiger partial charge in [0.2, 0.25) is 0 Å². The summed E-state index contributed by atoms with van der Waals surface area (Å²) >= 11 is 0. The molecule has 106 valence electrons. The average molecular weight is 275 g/mol. The molecule has 19 heavy (non-hydrogen) atoms. The van der Waals surface area contributed by atoms with Crippen molar-refractivity contribution in [2.45, 2.75) is 32.2 Å². The molecule has 2 N–H and O–H groups in total. The number of aliphatic hydroxyl groups is 1. The van der Waals surface area contributed by atoms with Crippen molar-refractivity contribution in [2.75, 3.05) is 6.61 Å². The molecule has 1 rings (SSSR count). The van der Waals surface area contributed by atoms with Crippen LogP contribution in [-0.4, -0.2) is 23.2 Å². The summed E-state index contributed by atoms with van der Waals surface area (Å²) in [4.78, 5) is 11.9. The summed E-state index contributed by atoms with van der Waals surface area (Å²) in [5, 5.41) is 11.8. The van der Waals surface area contributed by atoms with Crippen LogP contribution < -0.4 is 5.32 Å². The van der Waals surface area contributed by atoms with Crippen molar-refractivity contribution in [3.63, 3.8) is 0 Å². The number of halogens is 3. The van der Waals surface area contributed by atoms with Crippen molar-refractivity contribution >= 4 is 5.91 Å². The maximum Gasteiger partial charge on any atom is 0.254 e. The van der Waals surface area contributed by atoms with Gasteiger partial charge in [-0.2, -0.15) is 0 Å². The summed E-state index contributed by atoms with van der Waals surface area (Å²) in [6, 6.07) is 1.56. The van der Waals surface area contributed by atoms with Crippen molar-refractivity contribution in [1.82, 2.24) is 5.32 Å². The predicted octanol–water partition coefficient (Wildman–Crippen LogP) is 2.38. The summed E-state index contributed by atoms with van der Waals surface area (Å²) in [5.41, 5.74) is -1.48. The van der Waals surface area contributed by atoms with Crippen molar-refractivity contribution in [2.24, 2.45) is 0 Å². The molecular weight excluding hydrogens is 259 g/mol. The molecule has 0 aliphatic heterocycles. The van der Waals surface area contributed by atoms with Gasteiger partial charge in [-0.15, -0.1) is 0 Å². The largest absolute Gasteiger partial charge is 0.394 e. The molecule has 1 aromatic carbocycles. The summed E-state index contributed by atoms with van der Waals surface area (Å²) in [6.07, 6.45) is 0.855. The second-order valence-electron chi connectivity index (χ2n) is 4.32. The molecule has 3 nitrogen and oxygen atoms in total. The molecule has 0 bridgehead atoms. The van der Waals surface area contributed by atoms with Crippen LogP contribution in [0.2, 0.25) is 0 Å². The molecule has 0 atom stereocenters. The van der Waals surface area contributed by atoms with Gasteiger partial charge in [0.25, 0.3) is 5.91 Å². The minimum Gasteiger partial charge on any atom is -0.394 e. The van der Waals surface area contributed by atoms with Gasteiger partial charge in [-0.3, -0.25) is 4.79 Å². The number of hydrogen-bond acceptors (Lipinski definition) is 2. The van der Waals surface area contributed by atoms with Crippen LogP contribution in [0.3, 0.4) is 0 Å². The van der Waals surface area contributed by atoms with Gasteiger partial charge in [-0.05, 0) is 25.0 Å². The molecule has 0 saturated heterocycles. The number of rotatable bonds is 5. The molecular formula is C13H16F3NO2. The third kappa shape index (κ3) is 3.07. The van der Waals surface area contributed by atoms with Crippen LogP contribution in [-0.2, 0) is 0 Å². The number of carbonyl (C=O) groups is 1. The van der Waals surface area contributed by atoms with Crippen molar-refractivity contribution < 1.29 is 23.1 Å². The molecule has 0 fully saturated rings. The summed E-state index contributed by atoms with van der Waals surface area (Å²) in [5.74, 6) is -5.45. The minimum atomic E-state index is -1.68. The van der Waals surface area contributed by atoms with E-state index in [0.29, 0.717) is 18.9 Å². The molecule has 6 heteroatoms. The van der Waals surface area contributed by atoms with Crippen molar-refractivity contribution in [1.29, 1.82) is 0 Å². The highest BCUT2D eigenvalue weighted by Gasteiger charge is 2.29. The Morgan fingerprint density at radius 2 is 1.79 bits per heavy atom. The highest BCUT2D eigenvalue weighted by Crippen LogP contribution is 2.18. The Morgan fingerprint density at radius 3 is 2.26 bits per heavy atom. The van der Waals surface area contributed by atoms with Crippen LogP contribution in [0, 0.1) is 17.5 Å². The van der Waals surface area contributed by atoms with Crippen molar-refractivity contribution in [3.05, 3.63) is 35.1 Å². The fourth-order valence-corrected chi connectivity index (χ4v) is 1.70. The van der Waals surface area contributed by atoms with Gasteiger partial charge in [-0.25, -0.2) is 13.2 Å².